The summed E-state index contributed by atoms with van der Waals surface area (Å²) in [5, 5.41) is 42.8. The zero-order valence-corrected chi connectivity index (χ0v) is 25.5. The number of amides is 2. The summed E-state index contributed by atoms with van der Waals surface area (Å²) in [6, 6.07) is 22.2. The summed E-state index contributed by atoms with van der Waals surface area (Å²) in [6.45, 7) is 0.540. The normalized spacial score (nSPS) is 16.9. The van der Waals surface area contributed by atoms with Crippen LogP contribution >= 0.6 is 0 Å². The monoisotopic (exact) mass is 624 g/mol. The molecule has 0 bridgehead atoms. The Kier molecular flexibility index (Phi) is 9.66. The maximum atomic E-state index is 14.3. The van der Waals surface area contributed by atoms with Gasteiger partial charge in [0.15, 0.2) is 23.0 Å². The Hall–Kier alpha value is -5.64. The molecule has 2 unspecified atom stereocenters. The summed E-state index contributed by atoms with van der Waals surface area (Å²) in [7, 11) is 2.86. The second-order valence-corrected chi connectivity index (χ2v) is 11.0. The van der Waals surface area contributed by atoms with Crippen LogP contribution in [0.25, 0.3) is 6.08 Å². The highest BCUT2D eigenvalue weighted by Crippen LogP contribution is 2.45. The molecule has 2 atom stereocenters. The molecular weight excluding hydrogens is 588 g/mol. The minimum absolute atomic E-state index is 0.0597. The quantitative estimate of drug-likeness (QED) is 0.151. The van der Waals surface area contributed by atoms with Crippen molar-refractivity contribution in [3.8, 4) is 34.5 Å². The van der Waals surface area contributed by atoms with Crippen LogP contribution in [0, 0.1) is 5.92 Å². The lowest BCUT2D eigenvalue weighted by molar-refractivity contribution is -0.126. The van der Waals surface area contributed by atoms with Crippen LogP contribution < -0.4 is 14.8 Å². The standard InChI is InChI=1S/C36H36N2O8/c1-45-31-20-24(7-13-29(31)41)19-28-33(35(43)37-17-15-22-3-9-26(39)10-4-22)34(25-8-14-30(42)32(21-25)46-2)38(36(28)44)18-16-23-5-11-27(40)12-6-23/h3-14,19-21,33-34,39-42H,15-18H2,1-2H3,(H,37,43)/b28-19+. The van der Waals surface area contributed by atoms with E-state index in [-0.39, 0.29) is 65.0 Å². The predicted molar refractivity (Wildman–Crippen MR) is 172 cm³/mol. The van der Waals surface area contributed by atoms with Crippen LogP contribution in [0.2, 0.25) is 0 Å². The number of phenols is 4. The summed E-state index contributed by atoms with van der Waals surface area (Å²) >= 11 is 0. The van der Waals surface area contributed by atoms with E-state index in [0.717, 1.165) is 11.1 Å². The van der Waals surface area contributed by atoms with Crippen molar-refractivity contribution in [2.24, 2.45) is 5.92 Å². The van der Waals surface area contributed by atoms with E-state index in [1.54, 1.807) is 83.8 Å². The average molecular weight is 625 g/mol. The third-order valence-electron chi connectivity index (χ3n) is 8.08. The zero-order valence-electron chi connectivity index (χ0n) is 25.5. The smallest absolute Gasteiger partial charge is 0.251 e. The molecule has 2 amide bonds. The van der Waals surface area contributed by atoms with Gasteiger partial charge in [0, 0.05) is 18.7 Å². The first kappa shape index (κ1) is 31.8. The van der Waals surface area contributed by atoms with Crippen LogP contribution in [-0.2, 0) is 22.4 Å². The summed E-state index contributed by atoms with van der Waals surface area (Å²) in [6.07, 6.45) is 2.59. The number of benzene rings is 4. The van der Waals surface area contributed by atoms with E-state index in [1.807, 2.05) is 0 Å². The fourth-order valence-electron chi connectivity index (χ4n) is 5.68. The van der Waals surface area contributed by atoms with Gasteiger partial charge in [0.1, 0.15) is 11.5 Å². The molecule has 5 rings (SSSR count). The molecule has 5 N–H and O–H groups in total. The molecule has 10 nitrogen and oxygen atoms in total. The van der Waals surface area contributed by atoms with Gasteiger partial charge in [-0.1, -0.05) is 36.4 Å². The highest BCUT2D eigenvalue weighted by molar-refractivity contribution is 6.07. The van der Waals surface area contributed by atoms with Gasteiger partial charge in [-0.25, -0.2) is 0 Å². The first-order valence-corrected chi connectivity index (χ1v) is 14.8. The molecule has 0 saturated carbocycles. The van der Waals surface area contributed by atoms with E-state index >= 15 is 0 Å². The molecule has 0 radical (unpaired) electrons. The van der Waals surface area contributed by atoms with Gasteiger partial charge in [0.05, 0.1) is 26.2 Å². The number of methoxy groups -OCH3 is 2. The Balaban J connectivity index is 1.56. The number of carbonyl (C=O) groups is 2. The molecule has 0 aliphatic carbocycles. The number of nitrogens with one attached hydrogen (secondary N) is 1. The van der Waals surface area contributed by atoms with Crippen LogP contribution in [0.5, 0.6) is 34.5 Å². The second-order valence-electron chi connectivity index (χ2n) is 11.0. The number of aromatic hydroxyl groups is 4. The van der Waals surface area contributed by atoms with Crippen LogP contribution in [0.4, 0.5) is 0 Å². The summed E-state index contributed by atoms with van der Waals surface area (Å²) in [4.78, 5) is 30.1. The number of ether oxygens (including phenoxy) is 2. The van der Waals surface area contributed by atoms with E-state index in [9.17, 15) is 30.0 Å². The fourth-order valence-corrected chi connectivity index (χ4v) is 5.68. The molecule has 1 heterocycles. The summed E-state index contributed by atoms with van der Waals surface area (Å²) in [5.41, 5.74) is 3.21. The van der Waals surface area contributed by atoms with Crippen molar-refractivity contribution in [2.45, 2.75) is 18.9 Å². The summed E-state index contributed by atoms with van der Waals surface area (Å²) < 4.78 is 10.7. The van der Waals surface area contributed by atoms with Crippen LogP contribution in [0.15, 0.2) is 90.5 Å². The minimum atomic E-state index is -0.957. The molecular formula is C36H36N2O8. The van der Waals surface area contributed by atoms with E-state index in [2.05, 4.69) is 5.32 Å². The van der Waals surface area contributed by atoms with Crippen molar-refractivity contribution in [1.29, 1.82) is 0 Å². The van der Waals surface area contributed by atoms with Crippen LogP contribution in [0.3, 0.4) is 0 Å². The number of nitrogens with zero attached hydrogens (tertiary/aromatic N) is 1. The highest BCUT2D eigenvalue weighted by Gasteiger charge is 2.48. The minimum Gasteiger partial charge on any atom is -0.508 e. The molecule has 4 aromatic rings. The van der Waals surface area contributed by atoms with E-state index in [4.69, 9.17) is 9.47 Å². The lowest BCUT2D eigenvalue weighted by Crippen LogP contribution is -2.37. The fraction of sp³-hybridized carbons (Fsp3) is 0.222. The predicted octanol–water partition coefficient (Wildman–Crippen LogP) is 4.71. The van der Waals surface area contributed by atoms with Gasteiger partial charge < -0.3 is 40.1 Å². The Morgan fingerprint density at radius 1 is 0.783 bits per heavy atom. The third kappa shape index (κ3) is 7.02. The number of rotatable bonds is 11. The lowest BCUT2D eigenvalue weighted by Gasteiger charge is -2.28. The third-order valence-corrected chi connectivity index (χ3v) is 8.08. The van der Waals surface area contributed by atoms with Gasteiger partial charge in [-0.15, -0.1) is 0 Å². The molecule has 1 aliphatic rings. The molecule has 238 valence electrons. The highest BCUT2D eigenvalue weighted by atomic mass is 16.5. The van der Waals surface area contributed by atoms with Gasteiger partial charge in [0.25, 0.3) is 5.91 Å². The molecule has 0 spiro atoms. The maximum Gasteiger partial charge on any atom is 0.251 e. The number of likely N-dealkylation sites (tertiary alicyclic amines) is 1. The Morgan fingerprint density at radius 2 is 1.35 bits per heavy atom. The molecule has 1 aliphatic heterocycles. The van der Waals surface area contributed by atoms with E-state index in [0.29, 0.717) is 24.0 Å². The van der Waals surface area contributed by atoms with Crippen molar-refractivity contribution in [1.82, 2.24) is 10.2 Å². The van der Waals surface area contributed by atoms with Crippen molar-refractivity contribution in [3.63, 3.8) is 0 Å². The zero-order chi connectivity index (χ0) is 32.8. The van der Waals surface area contributed by atoms with E-state index < -0.39 is 12.0 Å². The Bertz CT molecular complexity index is 1730. The molecule has 46 heavy (non-hydrogen) atoms. The first-order chi connectivity index (χ1) is 22.2. The topological polar surface area (TPSA) is 149 Å². The van der Waals surface area contributed by atoms with Crippen molar-refractivity contribution >= 4 is 17.9 Å². The number of carbonyl (C=O) groups excluding carboxylic acids is 2. The largest absolute Gasteiger partial charge is 0.508 e. The Labute approximate surface area is 266 Å². The van der Waals surface area contributed by atoms with E-state index in [1.165, 1.54) is 26.4 Å². The molecule has 1 saturated heterocycles. The Morgan fingerprint density at radius 3 is 1.96 bits per heavy atom. The van der Waals surface area contributed by atoms with Gasteiger partial charge in [-0.05, 0) is 89.7 Å². The number of hydrogen-bond donors (Lipinski definition) is 5. The number of phenolic OH excluding ortho intramolecular Hbond substituents is 4. The molecule has 4 aromatic carbocycles. The van der Waals surface area contributed by atoms with Crippen molar-refractivity contribution in [3.05, 3.63) is 113 Å². The SMILES string of the molecule is COc1cc(/C=C2/C(=O)N(CCc3ccc(O)cc3)C(c3ccc(O)c(OC)c3)C2C(=O)NCCc2ccc(O)cc2)ccc1O. The number of hydrogen-bond acceptors (Lipinski definition) is 8. The molecule has 1 fully saturated rings. The first-order valence-electron chi connectivity index (χ1n) is 14.8. The van der Waals surface area contributed by atoms with Crippen molar-refractivity contribution in [2.75, 3.05) is 27.3 Å². The lowest BCUT2D eigenvalue weighted by atomic mass is 9.88. The molecule has 10 heteroatoms. The average Bonchev–Trinajstić information content (AvgIpc) is 3.33. The molecule has 0 aromatic heterocycles. The van der Waals surface area contributed by atoms with Gasteiger partial charge in [0.2, 0.25) is 5.91 Å². The van der Waals surface area contributed by atoms with Crippen LogP contribution in [0.1, 0.15) is 28.3 Å². The van der Waals surface area contributed by atoms with Crippen LogP contribution in [-0.4, -0.2) is 64.4 Å². The van der Waals surface area contributed by atoms with Gasteiger partial charge in [-0.3, -0.25) is 9.59 Å². The summed E-state index contributed by atoms with van der Waals surface area (Å²) in [5.74, 6) is -1.10. The van der Waals surface area contributed by atoms with Crippen molar-refractivity contribution < 1.29 is 39.5 Å². The maximum absolute atomic E-state index is 14.3. The second kappa shape index (κ2) is 14.0. The van der Waals surface area contributed by atoms with Gasteiger partial charge >= 0.3 is 0 Å². The van der Waals surface area contributed by atoms with Gasteiger partial charge in [-0.2, -0.15) is 0 Å².